The number of ether oxygens (including phenoxy) is 2. The predicted molar refractivity (Wildman–Crippen MR) is 77.8 cm³/mol. The monoisotopic (exact) mass is 291 g/mol. The minimum Gasteiger partial charge on any atom is -0.497 e. The van der Waals surface area contributed by atoms with E-state index in [2.05, 4.69) is 4.74 Å². The van der Waals surface area contributed by atoms with Crippen LogP contribution in [-0.4, -0.2) is 37.5 Å². The van der Waals surface area contributed by atoms with Crippen LogP contribution in [0, 0.1) is 5.41 Å². The van der Waals surface area contributed by atoms with Gasteiger partial charge in [-0.2, -0.15) is 0 Å². The zero-order valence-corrected chi connectivity index (χ0v) is 12.7. The van der Waals surface area contributed by atoms with Gasteiger partial charge in [0.1, 0.15) is 5.75 Å². The number of amides is 1. The van der Waals surface area contributed by atoms with E-state index in [-0.39, 0.29) is 18.3 Å². The summed E-state index contributed by atoms with van der Waals surface area (Å²) < 4.78 is 9.80. The molecule has 1 amide bonds. The maximum atomic E-state index is 12.5. The van der Waals surface area contributed by atoms with Crippen molar-refractivity contribution in [2.75, 3.05) is 20.8 Å². The Hall–Kier alpha value is -2.04. The summed E-state index contributed by atoms with van der Waals surface area (Å²) in [6, 6.07) is 7.65. The van der Waals surface area contributed by atoms with Crippen LogP contribution in [0.3, 0.4) is 0 Å². The van der Waals surface area contributed by atoms with Gasteiger partial charge in [0.25, 0.3) is 0 Å². The molecule has 0 radical (unpaired) electrons. The normalized spacial score (nSPS) is 21.5. The quantitative estimate of drug-likeness (QED) is 0.779. The van der Waals surface area contributed by atoms with E-state index in [1.165, 1.54) is 7.11 Å². The Balaban J connectivity index is 2.02. The lowest BCUT2D eigenvalue weighted by atomic mass is 9.85. The lowest BCUT2D eigenvalue weighted by Gasteiger charge is -2.22. The fourth-order valence-electron chi connectivity index (χ4n) is 2.63. The van der Waals surface area contributed by atoms with Crippen LogP contribution in [0.2, 0.25) is 0 Å². The van der Waals surface area contributed by atoms with Crippen molar-refractivity contribution in [3.63, 3.8) is 0 Å². The maximum absolute atomic E-state index is 12.5. The van der Waals surface area contributed by atoms with Crippen molar-refractivity contribution in [1.29, 1.82) is 0 Å². The smallest absolute Gasteiger partial charge is 0.306 e. The molecule has 0 N–H and O–H groups in total. The van der Waals surface area contributed by atoms with E-state index in [4.69, 9.17) is 4.74 Å². The molecule has 0 spiro atoms. The van der Waals surface area contributed by atoms with Gasteiger partial charge < -0.3 is 14.4 Å². The molecule has 2 rings (SSSR count). The van der Waals surface area contributed by atoms with E-state index in [1.54, 1.807) is 12.0 Å². The van der Waals surface area contributed by atoms with E-state index in [1.807, 2.05) is 31.2 Å². The summed E-state index contributed by atoms with van der Waals surface area (Å²) in [6.45, 7) is 3.05. The molecule has 5 heteroatoms. The van der Waals surface area contributed by atoms with Crippen LogP contribution in [0.15, 0.2) is 24.3 Å². The van der Waals surface area contributed by atoms with Crippen LogP contribution < -0.4 is 4.74 Å². The van der Waals surface area contributed by atoms with Crippen LogP contribution in [0.25, 0.3) is 0 Å². The van der Waals surface area contributed by atoms with Crippen molar-refractivity contribution < 1.29 is 19.1 Å². The Morgan fingerprint density at radius 3 is 2.52 bits per heavy atom. The minimum absolute atomic E-state index is 0.0173. The van der Waals surface area contributed by atoms with Crippen LogP contribution >= 0.6 is 0 Å². The van der Waals surface area contributed by atoms with E-state index in [9.17, 15) is 9.59 Å². The number of hydrogen-bond acceptors (Lipinski definition) is 4. The van der Waals surface area contributed by atoms with Crippen molar-refractivity contribution in [3.05, 3.63) is 29.8 Å². The van der Waals surface area contributed by atoms with E-state index < -0.39 is 5.41 Å². The van der Waals surface area contributed by atoms with Crippen LogP contribution in [0.1, 0.15) is 25.3 Å². The molecular weight excluding hydrogens is 270 g/mol. The Kier molecular flexibility index (Phi) is 4.50. The molecule has 1 atom stereocenters. The first-order valence-corrected chi connectivity index (χ1v) is 6.97. The Morgan fingerprint density at radius 2 is 1.95 bits per heavy atom. The zero-order valence-electron chi connectivity index (χ0n) is 12.7. The molecule has 21 heavy (non-hydrogen) atoms. The number of methoxy groups -OCH3 is 2. The van der Waals surface area contributed by atoms with Gasteiger partial charge >= 0.3 is 5.97 Å². The number of esters is 1. The minimum atomic E-state index is -0.639. The lowest BCUT2D eigenvalue weighted by molar-refractivity contribution is -0.148. The van der Waals surface area contributed by atoms with Crippen LogP contribution in [-0.2, 0) is 20.9 Å². The van der Waals surface area contributed by atoms with Gasteiger partial charge in [0.15, 0.2) is 0 Å². The summed E-state index contributed by atoms with van der Waals surface area (Å²) in [7, 11) is 2.97. The van der Waals surface area contributed by atoms with Gasteiger partial charge in [-0.25, -0.2) is 0 Å². The van der Waals surface area contributed by atoms with Crippen molar-refractivity contribution in [3.8, 4) is 5.75 Å². The third kappa shape index (κ3) is 3.35. The standard InChI is InChI=1S/C16H21NO4/c1-16(10-14(18)21-3)8-9-17(15(16)19)11-12-4-6-13(20-2)7-5-12/h4-7H,8-11H2,1-3H3. The van der Waals surface area contributed by atoms with E-state index in [0.717, 1.165) is 11.3 Å². The first-order chi connectivity index (χ1) is 9.98. The Morgan fingerprint density at radius 1 is 1.29 bits per heavy atom. The summed E-state index contributed by atoms with van der Waals surface area (Å²) in [5, 5.41) is 0. The van der Waals surface area contributed by atoms with Crippen molar-refractivity contribution in [2.45, 2.75) is 26.3 Å². The van der Waals surface area contributed by atoms with Crippen molar-refractivity contribution in [1.82, 2.24) is 4.90 Å². The predicted octanol–water partition coefficient (Wildman–Crippen LogP) is 2.00. The third-order valence-corrected chi connectivity index (χ3v) is 4.03. The van der Waals surface area contributed by atoms with Crippen molar-refractivity contribution in [2.24, 2.45) is 5.41 Å². The molecule has 1 aliphatic rings. The molecule has 1 heterocycles. The largest absolute Gasteiger partial charge is 0.497 e. The molecule has 1 aliphatic heterocycles. The summed E-state index contributed by atoms with van der Waals surface area (Å²) >= 11 is 0. The van der Waals surface area contributed by atoms with Gasteiger partial charge in [0.05, 0.1) is 26.1 Å². The van der Waals surface area contributed by atoms with Gasteiger partial charge in [-0.05, 0) is 24.1 Å². The Bertz CT molecular complexity index is 526. The highest BCUT2D eigenvalue weighted by molar-refractivity contribution is 5.88. The van der Waals surface area contributed by atoms with E-state index >= 15 is 0 Å². The Labute approximate surface area is 124 Å². The first kappa shape index (κ1) is 15.4. The summed E-state index contributed by atoms with van der Waals surface area (Å²) in [5.74, 6) is 0.475. The highest BCUT2D eigenvalue weighted by atomic mass is 16.5. The molecule has 5 nitrogen and oxygen atoms in total. The van der Waals surface area contributed by atoms with E-state index in [0.29, 0.717) is 19.5 Å². The molecule has 1 fully saturated rings. The second-order valence-electron chi connectivity index (χ2n) is 5.64. The number of carbonyl (C=O) groups excluding carboxylic acids is 2. The molecule has 1 unspecified atom stereocenters. The summed E-state index contributed by atoms with van der Waals surface area (Å²) in [5.41, 5.74) is 0.408. The number of hydrogen-bond donors (Lipinski definition) is 0. The maximum Gasteiger partial charge on any atom is 0.306 e. The second-order valence-corrected chi connectivity index (χ2v) is 5.64. The number of benzene rings is 1. The van der Waals surface area contributed by atoms with Gasteiger partial charge in [-0.15, -0.1) is 0 Å². The number of likely N-dealkylation sites (tertiary alicyclic amines) is 1. The molecule has 1 saturated heterocycles. The average Bonchev–Trinajstić information content (AvgIpc) is 2.76. The summed E-state index contributed by atoms with van der Waals surface area (Å²) in [4.78, 5) is 25.7. The summed E-state index contributed by atoms with van der Waals surface area (Å²) in [6.07, 6.45) is 0.818. The number of carbonyl (C=O) groups is 2. The van der Waals surface area contributed by atoms with Gasteiger partial charge in [0, 0.05) is 13.1 Å². The van der Waals surface area contributed by atoms with Crippen molar-refractivity contribution >= 4 is 11.9 Å². The fourth-order valence-corrected chi connectivity index (χ4v) is 2.63. The highest BCUT2D eigenvalue weighted by Gasteiger charge is 2.44. The molecule has 0 aliphatic carbocycles. The first-order valence-electron chi connectivity index (χ1n) is 6.97. The molecular formula is C16H21NO4. The third-order valence-electron chi connectivity index (χ3n) is 4.03. The number of nitrogens with zero attached hydrogens (tertiary/aromatic N) is 1. The fraction of sp³-hybridized carbons (Fsp3) is 0.500. The topological polar surface area (TPSA) is 55.8 Å². The van der Waals surface area contributed by atoms with Crippen LogP contribution in [0.5, 0.6) is 5.75 Å². The number of rotatable bonds is 5. The average molecular weight is 291 g/mol. The van der Waals surface area contributed by atoms with Gasteiger partial charge in [-0.1, -0.05) is 19.1 Å². The van der Waals surface area contributed by atoms with Gasteiger partial charge in [-0.3, -0.25) is 9.59 Å². The molecule has 114 valence electrons. The molecule has 0 bridgehead atoms. The second kappa shape index (κ2) is 6.16. The SMILES string of the molecule is COC(=O)CC1(C)CCN(Cc2ccc(OC)cc2)C1=O. The van der Waals surface area contributed by atoms with Crippen LogP contribution in [0.4, 0.5) is 0 Å². The molecule has 1 aromatic rings. The molecule has 1 aromatic carbocycles. The lowest BCUT2D eigenvalue weighted by Crippen LogP contribution is -2.34. The van der Waals surface area contributed by atoms with Gasteiger partial charge in [0.2, 0.25) is 5.91 Å². The highest BCUT2D eigenvalue weighted by Crippen LogP contribution is 2.36. The molecule has 0 aromatic heterocycles. The zero-order chi connectivity index (χ0) is 15.5. The molecule has 0 saturated carbocycles.